The minimum absolute atomic E-state index is 0.270. The second kappa shape index (κ2) is 4.96. The summed E-state index contributed by atoms with van der Waals surface area (Å²) in [7, 11) is 6.19. The van der Waals surface area contributed by atoms with E-state index in [2.05, 4.69) is 21.9 Å². The lowest BCUT2D eigenvalue weighted by atomic mass is 10.0. The minimum atomic E-state index is 0.270. The van der Waals surface area contributed by atoms with Crippen LogP contribution in [0.1, 0.15) is 25.7 Å². The van der Waals surface area contributed by atoms with Crippen molar-refractivity contribution in [1.82, 2.24) is 14.9 Å². The maximum absolute atomic E-state index is 6.00. The third-order valence-corrected chi connectivity index (χ3v) is 4.40. The lowest BCUT2D eigenvalue weighted by Crippen LogP contribution is -2.44. The van der Waals surface area contributed by atoms with E-state index in [0.29, 0.717) is 18.1 Å². The number of aromatic nitrogens is 2. The third kappa shape index (κ3) is 2.52. The summed E-state index contributed by atoms with van der Waals surface area (Å²) in [6.45, 7) is 0. The van der Waals surface area contributed by atoms with Gasteiger partial charge in [-0.3, -0.25) is 0 Å². The van der Waals surface area contributed by atoms with Gasteiger partial charge >= 0.3 is 6.01 Å². The molecule has 0 N–H and O–H groups in total. The first-order chi connectivity index (χ1) is 9.13. The highest BCUT2D eigenvalue weighted by molar-refractivity contribution is 5.35. The lowest BCUT2D eigenvalue weighted by molar-refractivity contribution is 0.0601. The summed E-state index contributed by atoms with van der Waals surface area (Å²) in [6, 6.07) is 3.77. The van der Waals surface area contributed by atoms with Crippen LogP contribution in [-0.4, -0.2) is 54.2 Å². The van der Waals surface area contributed by atoms with Gasteiger partial charge in [0.25, 0.3) is 0 Å². The Labute approximate surface area is 114 Å². The van der Waals surface area contributed by atoms with Crippen molar-refractivity contribution in [3.8, 4) is 6.01 Å². The Morgan fingerprint density at radius 2 is 1.95 bits per heavy atom. The molecule has 0 saturated carbocycles. The molecule has 2 fully saturated rings. The molecule has 0 aliphatic carbocycles. The molecular formula is C14H22N4O. The van der Waals surface area contributed by atoms with Gasteiger partial charge in [0, 0.05) is 45.2 Å². The first-order valence-electron chi connectivity index (χ1n) is 7.02. The summed E-state index contributed by atoms with van der Waals surface area (Å²) < 4.78 is 6.00. The third-order valence-electron chi connectivity index (χ3n) is 4.40. The predicted octanol–water partition coefficient (Wildman–Crippen LogP) is 1.55. The molecule has 5 heteroatoms. The van der Waals surface area contributed by atoms with Crippen LogP contribution in [0.5, 0.6) is 6.01 Å². The summed E-state index contributed by atoms with van der Waals surface area (Å²) in [5, 5.41) is 0. The molecule has 0 radical (unpaired) electrons. The molecule has 0 aromatic carbocycles. The molecule has 0 spiro atoms. The predicted molar refractivity (Wildman–Crippen MR) is 74.6 cm³/mol. The van der Waals surface area contributed by atoms with E-state index in [1.807, 2.05) is 25.1 Å². The van der Waals surface area contributed by atoms with Crippen molar-refractivity contribution in [2.24, 2.45) is 0 Å². The van der Waals surface area contributed by atoms with Gasteiger partial charge in [-0.15, -0.1) is 0 Å². The zero-order valence-corrected chi connectivity index (χ0v) is 11.9. The summed E-state index contributed by atoms with van der Waals surface area (Å²) >= 11 is 0. The van der Waals surface area contributed by atoms with E-state index in [9.17, 15) is 0 Å². The quantitative estimate of drug-likeness (QED) is 0.826. The van der Waals surface area contributed by atoms with Gasteiger partial charge in [0.2, 0.25) is 0 Å². The van der Waals surface area contributed by atoms with E-state index < -0.39 is 0 Å². The lowest BCUT2D eigenvalue weighted by Gasteiger charge is -2.35. The van der Waals surface area contributed by atoms with Crippen LogP contribution in [0.2, 0.25) is 0 Å². The molecule has 3 rings (SSSR count). The Hall–Kier alpha value is -1.36. The summed E-state index contributed by atoms with van der Waals surface area (Å²) in [5.74, 6) is 0.890. The molecule has 2 atom stereocenters. The van der Waals surface area contributed by atoms with Gasteiger partial charge in [-0.05, 0) is 26.0 Å². The SMILES string of the molecule is CN(C)c1ccnc(OC2CC3CCC(C2)N3C)n1. The maximum Gasteiger partial charge on any atom is 0.318 e. The molecule has 5 nitrogen and oxygen atoms in total. The van der Waals surface area contributed by atoms with E-state index >= 15 is 0 Å². The zero-order valence-electron chi connectivity index (χ0n) is 11.9. The number of rotatable bonds is 3. The Morgan fingerprint density at radius 1 is 1.26 bits per heavy atom. The van der Waals surface area contributed by atoms with Crippen LogP contribution >= 0.6 is 0 Å². The van der Waals surface area contributed by atoms with E-state index in [1.54, 1.807) is 6.20 Å². The molecule has 104 valence electrons. The fraction of sp³-hybridized carbons (Fsp3) is 0.714. The van der Waals surface area contributed by atoms with Crippen LogP contribution in [0.3, 0.4) is 0 Å². The van der Waals surface area contributed by atoms with Crippen LogP contribution in [-0.2, 0) is 0 Å². The second-order valence-corrected chi connectivity index (χ2v) is 5.85. The monoisotopic (exact) mass is 262 g/mol. The second-order valence-electron chi connectivity index (χ2n) is 5.85. The van der Waals surface area contributed by atoms with E-state index in [0.717, 1.165) is 18.7 Å². The van der Waals surface area contributed by atoms with Crippen molar-refractivity contribution in [1.29, 1.82) is 0 Å². The molecule has 1 aromatic heterocycles. The normalized spacial score (nSPS) is 30.4. The maximum atomic E-state index is 6.00. The van der Waals surface area contributed by atoms with E-state index in [1.165, 1.54) is 12.8 Å². The van der Waals surface area contributed by atoms with Gasteiger partial charge in [0.1, 0.15) is 11.9 Å². The number of ether oxygens (including phenoxy) is 1. The topological polar surface area (TPSA) is 41.5 Å². The number of nitrogens with zero attached hydrogens (tertiary/aromatic N) is 4. The fourth-order valence-corrected chi connectivity index (χ4v) is 3.24. The number of fused-ring (bicyclic) bond motifs is 2. The molecule has 19 heavy (non-hydrogen) atoms. The van der Waals surface area contributed by atoms with Crippen molar-refractivity contribution in [2.75, 3.05) is 26.0 Å². The van der Waals surface area contributed by atoms with Crippen molar-refractivity contribution in [3.05, 3.63) is 12.3 Å². The van der Waals surface area contributed by atoms with Crippen LogP contribution in [0, 0.1) is 0 Å². The van der Waals surface area contributed by atoms with Crippen LogP contribution in [0.15, 0.2) is 12.3 Å². The standard InChI is InChI=1S/C14H22N4O/c1-17(2)13-6-7-15-14(16-13)19-12-8-10-4-5-11(9-12)18(10)3/h6-7,10-12H,4-5,8-9H2,1-3H3. The Kier molecular flexibility index (Phi) is 3.31. The van der Waals surface area contributed by atoms with Crippen molar-refractivity contribution in [2.45, 2.75) is 43.9 Å². The van der Waals surface area contributed by atoms with Crippen molar-refractivity contribution in [3.63, 3.8) is 0 Å². The first kappa shape index (κ1) is 12.7. The van der Waals surface area contributed by atoms with Crippen LogP contribution in [0.4, 0.5) is 5.82 Å². The number of piperidine rings is 1. The number of anilines is 1. The first-order valence-corrected chi connectivity index (χ1v) is 7.02. The minimum Gasteiger partial charge on any atom is -0.460 e. The molecule has 2 aliphatic rings. The number of hydrogen-bond acceptors (Lipinski definition) is 5. The van der Waals surface area contributed by atoms with Gasteiger partial charge in [0.05, 0.1) is 0 Å². The number of hydrogen-bond donors (Lipinski definition) is 0. The average molecular weight is 262 g/mol. The van der Waals surface area contributed by atoms with E-state index in [-0.39, 0.29) is 6.10 Å². The molecule has 2 unspecified atom stereocenters. The Balaban J connectivity index is 1.67. The van der Waals surface area contributed by atoms with Gasteiger partial charge in [0.15, 0.2) is 0 Å². The van der Waals surface area contributed by atoms with Gasteiger partial charge < -0.3 is 14.5 Å². The largest absolute Gasteiger partial charge is 0.460 e. The van der Waals surface area contributed by atoms with Crippen LogP contribution < -0.4 is 9.64 Å². The van der Waals surface area contributed by atoms with E-state index in [4.69, 9.17) is 4.74 Å². The van der Waals surface area contributed by atoms with Gasteiger partial charge in [-0.2, -0.15) is 4.98 Å². The molecule has 2 saturated heterocycles. The highest BCUT2D eigenvalue weighted by Crippen LogP contribution is 2.35. The van der Waals surface area contributed by atoms with Crippen molar-refractivity contribution >= 4 is 5.82 Å². The molecular weight excluding hydrogens is 240 g/mol. The Bertz CT molecular complexity index is 437. The molecule has 1 aromatic rings. The van der Waals surface area contributed by atoms with Gasteiger partial charge in [-0.1, -0.05) is 0 Å². The summed E-state index contributed by atoms with van der Waals surface area (Å²) in [6.07, 6.45) is 6.84. The van der Waals surface area contributed by atoms with Crippen LogP contribution in [0.25, 0.3) is 0 Å². The summed E-state index contributed by atoms with van der Waals surface area (Å²) in [5.41, 5.74) is 0. The highest BCUT2D eigenvalue weighted by atomic mass is 16.5. The summed E-state index contributed by atoms with van der Waals surface area (Å²) in [4.78, 5) is 13.1. The molecule has 0 amide bonds. The molecule has 3 heterocycles. The van der Waals surface area contributed by atoms with Gasteiger partial charge in [-0.25, -0.2) is 4.98 Å². The Morgan fingerprint density at radius 3 is 2.58 bits per heavy atom. The fourth-order valence-electron chi connectivity index (χ4n) is 3.24. The molecule has 2 bridgehead atoms. The average Bonchev–Trinajstić information content (AvgIpc) is 2.63. The smallest absolute Gasteiger partial charge is 0.318 e. The van der Waals surface area contributed by atoms with Crippen molar-refractivity contribution < 1.29 is 4.74 Å². The zero-order chi connectivity index (χ0) is 13.4. The highest BCUT2D eigenvalue weighted by Gasteiger charge is 2.39. The molecule has 2 aliphatic heterocycles.